The number of aryl methyl sites for hydroxylation is 1. The van der Waals surface area contributed by atoms with E-state index >= 15 is 0 Å². The van der Waals surface area contributed by atoms with Crippen molar-refractivity contribution in [3.8, 4) is 0 Å². The second-order valence-corrected chi connectivity index (χ2v) is 8.71. The van der Waals surface area contributed by atoms with Crippen LogP contribution in [0.5, 0.6) is 0 Å². The number of rotatable bonds is 5. The van der Waals surface area contributed by atoms with Crippen molar-refractivity contribution in [3.05, 3.63) is 54.1 Å². The Bertz CT molecular complexity index is 963. The summed E-state index contributed by atoms with van der Waals surface area (Å²) >= 11 is 1.53. The lowest BCUT2D eigenvalue weighted by molar-refractivity contribution is 0.520. The van der Waals surface area contributed by atoms with Crippen molar-refractivity contribution in [2.75, 3.05) is 14.1 Å². The fraction of sp³-hybridized carbons (Fsp3) is 0.250. The van der Waals surface area contributed by atoms with E-state index in [2.05, 4.69) is 9.97 Å². The number of imidazole rings is 1. The Labute approximate surface area is 145 Å². The molecule has 0 spiro atoms. The third kappa shape index (κ3) is 3.31. The molecule has 0 amide bonds. The van der Waals surface area contributed by atoms with Gasteiger partial charge in [-0.2, -0.15) is 0 Å². The fourth-order valence-corrected chi connectivity index (χ4v) is 3.81. The van der Waals surface area contributed by atoms with Crippen LogP contribution in [0.2, 0.25) is 0 Å². The summed E-state index contributed by atoms with van der Waals surface area (Å²) in [6.45, 7) is 2.03. The first-order chi connectivity index (χ1) is 11.4. The van der Waals surface area contributed by atoms with Gasteiger partial charge in [0.25, 0.3) is 0 Å². The topological polar surface area (TPSA) is 67.6 Å². The maximum Gasteiger partial charge on any atom is 0.244 e. The lowest BCUT2D eigenvalue weighted by Crippen LogP contribution is -2.22. The highest BCUT2D eigenvalue weighted by atomic mass is 32.2. The Balaban J connectivity index is 1.73. The maximum atomic E-state index is 12.0. The second-order valence-electron chi connectivity index (χ2n) is 5.56. The van der Waals surface area contributed by atoms with E-state index in [1.165, 1.54) is 36.4 Å². The summed E-state index contributed by atoms with van der Waals surface area (Å²) < 4.78 is 27.2. The molecule has 0 saturated heterocycles. The van der Waals surface area contributed by atoms with Crippen molar-refractivity contribution in [1.82, 2.24) is 18.7 Å². The van der Waals surface area contributed by atoms with Gasteiger partial charge in [-0.15, -0.1) is 0 Å². The number of hydrogen-bond acceptors (Lipinski definition) is 5. The molecule has 0 saturated carbocycles. The Hall–Kier alpha value is -1.90. The van der Waals surface area contributed by atoms with Gasteiger partial charge in [0.15, 0.2) is 0 Å². The largest absolute Gasteiger partial charge is 0.307 e. The van der Waals surface area contributed by atoms with Gasteiger partial charge in [0, 0.05) is 38.4 Å². The van der Waals surface area contributed by atoms with E-state index in [0.717, 1.165) is 21.9 Å². The van der Waals surface area contributed by atoms with Crippen LogP contribution in [0, 0.1) is 6.92 Å². The van der Waals surface area contributed by atoms with Gasteiger partial charge < -0.3 is 4.40 Å². The Morgan fingerprint density at radius 1 is 1.25 bits per heavy atom. The van der Waals surface area contributed by atoms with Gasteiger partial charge >= 0.3 is 0 Å². The molecule has 3 aromatic rings. The van der Waals surface area contributed by atoms with Gasteiger partial charge in [0.05, 0.1) is 10.7 Å². The number of aromatic nitrogens is 3. The maximum absolute atomic E-state index is 12.0. The molecule has 0 aliphatic carbocycles. The zero-order valence-electron chi connectivity index (χ0n) is 13.7. The van der Waals surface area contributed by atoms with Crippen LogP contribution in [0.4, 0.5) is 0 Å². The smallest absolute Gasteiger partial charge is 0.244 e. The molecule has 0 unspecified atom stereocenters. The summed E-state index contributed by atoms with van der Waals surface area (Å²) in [4.78, 5) is 9.05. The van der Waals surface area contributed by atoms with E-state index in [1.807, 2.05) is 35.9 Å². The molecular formula is C16H18N4O2S2. The van der Waals surface area contributed by atoms with Gasteiger partial charge in [-0.05, 0) is 30.7 Å². The predicted molar refractivity (Wildman–Crippen MR) is 94.6 cm³/mol. The summed E-state index contributed by atoms with van der Waals surface area (Å²) in [6, 6.07) is 7.33. The van der Waals surface area contributed by atoms with E-state index in [-0.39, 0.29) is 4.90 Å². The first kappa shape index (κ1) is 16.9. The lowest BCUT2D eigenvalue weighted by atomic mass is 10.3. The van der Waals surface area contributed by atoms with Gasteiger partial charge in [0.1, 0.15) is 10.5 Å². The van der Waals surface area contributed by atoms with E-state index in [0.29, 0.717) is 5.75 Å². The zero-order valence-corrected chi connectivity index (χ0v) is 15.3. The van der Waals surface area contributed by atoms with Crippen LogP contribution in [-0.2, 0) is 15.8 Å². The van der Waals surface area contributed by atoms with Gasteiger partial charge in [0.2, 0.25) is 10.0 Å². The first-order valence-electron chi connectivity index (χ1n) is 7.32. The molecule has 0 atom stereocenters. The molecule has 0 fully saturated rings. The summed E-state index contributed by atoms with van der Waals surface area (Å²) in [5.74, 6) is 0.675. The average molecular weight is 362 g/mol. The van der Waals surface area contributed by atoms with Crippen molar-refractivity contribution in [1.29, 1.82) is 0 Å². The minimum atomic E-state index is -3.44. The molecule has 8 heteroatoms. The molecule has 24 heavy (non-hydrogen) atoms. The highest BCUT2D eigenvalue weighted by molar-refractivity contribution is 7.98. The van der Waals surface area contributed by atoms with Crippen LogP contribution >= 0.6 is 11.8 Å². The van der Waals surface area contributed by atoms with Crippen LogP contribution in [0.25, 0.3) is 5.65 Å². The van der Waals surface area contributed by atoms with Crippen molar-refractivity contribution < 1.29 is 8.42 Å². The van der Waals surface area contributed by atoms with Crippen LogP contribution in [0.1, 0.15) is 11.3 Å². The predicted octanol–water partition coefficient (Wildman–Crippen LogP) is 2.58. The van der Waals surface area contributed by atoms with Crippen molar-refractivity contribution >= 4 is 27.4 Å². The molecule has 3 aromatic heterocycles. The van der Waals surface area contributed by atoms with Gasteiger partial charge in [-0.25, -0.2) is 22.7 Å². The number of pyridine rings is 2. The molecular weight excluding hydrogens is 344 g/mol. The monoisotopic (exact) mass is 362 g/mol. The summed E-state index contributed by atoms with van der Waals surface area (Å²) in [5, 5.41) is 0.765. The Morgan fingerprint density at radius 3 is 2.67 bits per heavy atom. The standard InChI is InChI=1S/C16H18N4O2S2/c1-12-5-4-8-20-10-13(18-16(12)20)11-23-15-7-6-14(9-17-15)24(21,22)19(2)3/h4-10H,11H2,1-3H3. The third-order valence-electron chi connectivity index (χ3n) is 3.58. The number of nitrogens with zero attached hydrogens (tertiary/aromatic N) is 4. The van der Waals surface area contributed by atoms with Crippen LogP contribution in [0.15, 0.2) is 52.8 Å². The van der Waals surface area contributed by atoms with Crippen molar-refractivity contribution in [3.63, 3.8) is 0 Å². The summed E-state index contributed by atoms with van der Waals surface area (Å²) in [5.41, 5.74) is 3.04. The van der Waals surface area contributed by atoms with E-state index < -0.39 is 10.0 Å². The fourth-order valence-electron chi connectivity index (χ4n) is 2.24. The van der Waals surface area contributed by atoms with Gasteiger partial charge in [-0.1, -0.05) is 17.8 Å². The SMILES string of the molecule is Cc1cccn2cc(CSc3ccc(S(=O)(=O)N(C)C)cn3)nc12. The number of sulfonamides is 1. The van der Waals surface area contributed by atoms with Crippen molar-refractivity contribution in [2.24, 2.45) is 0 Å². The van der Waals surface area contributed by atoms with Crippen LogP contribution < -0.4 is 0 Å². The molecule has 0 aliphatic heterocycles. The van der Waals surface area contributed by atoms with Crippen molar-refractivity contribution in [2.45, 2.75) is 22.6 Å². The number of fused-ring (bicyclic) bond motifs is 1. The Kier molecular flexibility index (Phi) is 4.62. The highest BCUT2D eigenvalue weighted by Gasteiger charge is 2.17. The molecule has 6 nitrogen and oxygen atoms in total. The molecule has 0 radical (unpaired) electrons. The molecule has 126 valence electrons. The minimum Gasteiger partial charge on any atom is -0.307 e. The molecule has 0 N–H and O–H groups in total. The summed E-state index contributed by atoms with van der Waals surface area (Å²) in [7, 11) is -0.430. The molecule has 3 heterocycles. The van der Waals surface area contributed by atoms with Crippen LogP contribution in [0.3, 0.4) is 0 Å². The number of thioether (sulfide) groups is 1. The quantitative estimate of drug-likeness (QED) is 0.653. The normalized spacial score (nSPS) is 12.2. The van der Waals surface area contributed by atoms with Crippen LogP contribution in [-0.4, -0.2) is 41.2 Å². The van der Waals surface area contributed by atoms with Gasteiger partial charge in [-0.3, -0.25) is 0 Å². The number of hydrogen-bond donors (Lipinski definition) is 0. The first-order valence-corrected chi connectivity index (χ1v) is 9.75. The summed E-state index contributed by atoms with van der Waals surface area (Å²) in [6.07, 6.45) is 5.37. The molecule has 0 aromatic carbocycles. The van der Waals surface area contributed by atoms with E-state index in [9.17, 15) is 8.42 Å². The average Bonchev–Trinajstić information content (AvgIpc) is 2.98. The minimum absolute atomic E-state index is 0.195. The van der Waals surface area contributed by atoms with E-state index in [4.69, 9.17) is 0 Å². The second kappa shape index (κ2) is 6.54. The Morgan fingerprint density at radius 2 is 2.04 bits per heavy atom. The highest BCUT2D eigenvalue weighted by Crippen LogP contribution is 2.23. The zero-order chi connectivity index (χ0) is 17.3. The third-order valence-corrected chi connectivity index (χ3v) is 6.36. The molecule has 0 aliphatic rings. The molecule has 0 bridgehead atoms. The van der Waals surface area contributed by atoms with E-state index in [1.54, 1.807) is 12.1 Å². The molecule has 3 rings (SSSR count). The lowest BCUT2D eigenvalue weighted by Gasteiger charge is -2.10.